The van der Waals surface area contributed by atoms with Crippen LogP contribution in [0.25, 0.3) is 0 Å². The van der Waals surface area contributed by atoms with Crippen molar-refractivity contribution in [1.82, 2.24) is 19.9 Å². The average molecular weight is 688 g/mol. The number of anilines is 1. The van der Waals surface area contributed by atoms with E-state index in [-0.39, 0.29) is 39.0 Å². The summed E-state index contributed by atoms with van der Waals surface area (Å²) in [6.45, 7) is 5.64. The molecule has 0 radical (unpaired) electrons. The molecule has 1 aliphatic rings. The van der Waals surface area contributed by atoms with Gasteiger partial charge in [-0.25, -0.2) is 13.2 Å². The van der Waals surface area contributed by atoms with Crippen molar-refractivity contribution < 1.29 is 27.9 Å². The number of nitriles is 1. The van der Waals surface area contributed by atoms with E-state index in [1.54, 1.807) is 24.3 Å². The molecule has 0 bridgehead atoms. The van der Waals surface area contributed by atoms with Crippen molar-refractivity contribution in [3.63, 3.8) is 0 Å². The lowest BCUT2D eigenvalue weighted by atomic mass is 10.0. The zero-order chi connectivity index (χ0) is 33.8. The number of rotatable bonds is 10. The largest absolute Gasteiger partial charge is 0.480 e. The normalized spacial score (nSPS) is 17.6. The molecule has 3 aromatic rings. The van der Waals surface area contributed by atoms with Crippen LogP contribution in [0.2, 0.25) is 10.0 Å². The van der Waals surface area contributed by atoms with Crippen LogP contribution in [-0.4, -0.2) is 70.8 Å². The van der Waals surface area contributed by atoms with Gasteiger partial charge in [-0.15, -0.1) is 0 Å². The Hall–Kier alpha value is -4.06. The topological polar surface area (TPSA) is 182 Å². The van der Waals surface area contributed by atoms with Crippen LogP contribution in [0.15, 0.2) is 65.8 Å². The van der Waals surface area contributed by atoms with Gasteiger partial charge in [0.1, 0.15) is 12.1 Å². The lowest BCUT2D eigenvalue weighted by molar-refractivity contribution is -0.142. The first kappa shape index (κ1) is 34.8. The van der Waals surface area contributed by atoms with E-state index >= 15 is 0 Å². The second kappa shape index (κ2) is 14.1. The number of aromatic nitrogens is 1. The Morgan fingerprint density at radius 1 is 1.11 bits per heavy atom. The van der Waals surface area contributed by atoms with Gasteiger partial charge < -0.3 is 21.1 Å². The van der Waals surface area contributed by atoms with Crippen molar-refractivity contribution in [1.29, 1.82) is 5.26 Å². The van der Waals surface area contributed by atoms with Crippen LogP contribution in [-0.2, 0) is 26.0 Å². The summed E-state index contributed by atoms with van der Waals surface area (Å²) in [5.74, 6) is -2.65. The minimum absolute atomic E-state index is 0.00574. The maximum atomic E-state index is 13.8. The number of pyridine rings is 1. The highest BCUT2D eigenvalue weighted by atomic mass is 35.5. The number of nitrogens with zero attached hydrogens (tertiary/aromatic N) is 3. The Balaban J connectivity index is 1.53. The number of sulfonamides is 1. The van der Waals surface area contributed by atoms with Crippen LogP contribution in [0, 0.1) is 11.3 Å². The SMILES string of the molecule is CC(C)(C)N[C@H]1CCN(S(=O)(=O)c2cccc(C#N)c2)[C@@H]1C(=O)N[C@@H](Cc1ccc(NC(=O)c2c(Cl)cncc2Cl)cc1)C(=O)O. The molecule has 2 aromatic carbocycles. The molecule has 242 valence electrons. The van der Waals surface area contributed by atoms with E-state index < -0.39 is 51.5 Å². The fourth-order valence-corrected chi connectivity index (χ4v) is 7.38. The van der Waals surface area contributed by atoms with E-state index in [0.29, 0.717) is 17.7 Å². The number of nitrogens with one attached hydrogen (secondary N) is 3. The standard InChI is InChI=1S/C31H32Cl2N6O6S/c1-31(2,3)38-24-11-12-39(46(44,45)21-6-4-5-19(13-21)15-34)27(24)29(41)37-25(30(42)43)14-18-7-9-20(10-8-18)36-28(40)26-22(32)16-35-17-23(26)33/h4-10,13,16-17,24-25,27,38H,11-12,14H2,1-3H3,(H,36,40)(H,37,41)(H,42,43)/t24-,25-,27-/m0/s1. The Morgan fingerprint density at radius 3 is 2.35 bits per heavy atom. The molecule has 1 saturated heterocycles. The van der Waals surface area contributed by atoms with Crippen LogP contribution in [0.5, 0.6) is 0 Å². The molecule has 4 rings (SSSR count). The zero-order valence-electron chi connectivity index (χ0n) is 25.1. The second-order valence-electron chi connectivity index (χ2n) is 11.7. The van der Waals surface area contributed by atoms with Gasteiger partial charge in [-0.2, -0.15) is 9.57 Å². The van der Waals surface area contributed by atoms with Crippen LogP contribution < -0.4 is 16.0 Å². The Bertz CT molecular complexity index is 1770. The van der Waals surface area contributed by atoms with Crippen molar-refractivity contribution >= 4 is 56.7 Å². The van der Waals surface area contributed by atoms with E-state index in [0.717, 1.165) is 4.31 Å². The third-order valence-electron chi connectivity index (χ3n) is 7.16. The van der Waals surface area contributed by atoms with Gasteiger partial charge in [-0.05, 0) is 63.1 Å². The number of amides is 2. The third-order valence-corrected chi connectivity index (χ3v) is 9.61. The Morgan fingerprint density at radius 2 is 1.76 bits per heavy atom. The molecule has 0 spiro atoms. The number of hydrogen-bond acceptors (Lipinski definition) is 8. The van der Waals surface area contributed by atoms with Crippen LogP contribution in [0.4, 0.5) is 5.69 Å². The van der Waals surface area contributed by atoms with Crippen molar-refractivity contribution in [2.24, 2.45) is 0 Å². The third kappa shape index (κ3) is 8.20. The van der Waals surface area contributed by atoms with Crippen LogP contribution >= 0.6 is 23.2 Å². The smallest absolute Gasteiger partial charge is 0.326 e. The summed E-state index contributed by atoms with van der Waals surface area (Å²) in [5.41, 5.74) is 0.626. The lowest BCUT2D eigenvalue weighted by Crippen LogP contribution is -2.59. The molecule has 0 unspecified atom stereocenters. The Labute approximate surface area is 276 Å². The summed E-state index contributed by atoms with van der Waals surface area (Å²) in [5, 5.41) is 27.9. The monoisotopic (exact) mass is 686 g/mol. The highest BCUT2D eigenvalue weighted by Crippen LogP contribution is 2.29. The van der Waals surface area contributed by atoms with Gasteiger partial charge >= 0.3 is 5.97 Å². The molecule has 2 amide bonds. The number of carbonyl (C=O) groups excluding carboxylic acids is 2. The summed E-state index contributed by atoms with van der Waals surface area (Å²) >= 11 is 12.1. The first-order valence-electron chi connectivity index (χ1n) is 14.1. The molecule has 15 heteroatoms. The number of benzene rings is 2. The van der Waals surface area contributed by atoms with Crippen molar-refractivity contribution in [2.45, 2.75) is 62.2 Å². The number of carboxylic acid groups (broad SMARTS) is 1. The maximum absolute atomic E-state index is 13.8. The molecule has 3 atom stereocenters. The minimum Gasteiger partial charge on any atom is -0.480 e. The highest BCUT2D eigenvalue weighted by Gasteiger charge is 2.47. The van der Waals surface area contributed by atoms with Crippen molar-refractivity contribution in [3.05, 3.63) is 87.7 Å². The highest BCUT2D eigenvalue weighted by molar-refractivity contribution is 7.89. The first-order chi connectivity index (χ1) is 21.6. The molecule has 1 aromatic heterocycles. The second-order valence-corrected chi connectivity index (χ2v) is 14.4. The molecule has 1 aliphatic heterocycles. The summed E-state index contributed by atoms with van der Waals surface area (Å²) < 4.78 is 28.5. The number of carbonyl (C=O) groups is 3. The van der Waals surface area contributed by atoms with Gasteiger partial charge in [0.2, 0.25) is 15.9 Å². The first-order valence-corrected chi connectivity index (χ1v) is 16.3. The molecule has 46 heavy (non-hydrogen) atoms. The van der Waals surface area contributed by atoms with Gasteiger partial charge in [-0.3, -0.25) is 14.6 Å². The van der Waals surface area contributed by atoms with Crippen molar-refractivity contribution in [2.75, 3.05) is 11.9 Å². The molecule has 4 N–H and O–H groups in total. The van der Waals surface area contributed by atoms with Gasteiger partial charge in [-0.1, -0.05) is 41.4 Å². The quantitative estimate of drug-likeness (QED) is 0.246. The van der Waals surface area contributed by atoms with E-state index in [2.05, 4.69) is 20.9 Å². The van der Waals surface area contributed by atoms with Crippen LogP contribution in [0.3, 0.4) is 0 Å². The summed E-state index contributed by atoms with van der Waals surface area (Å²) in [7, 11) is -4.23. The van der Waals surface area contributed by atoms with E-state index in [9.17, 15) is 33.2 Å². The van der Waals surface area contributed by atoms with E-state index in [4.69, 9.17) is 23.2 Å². The lowest BCUT2D eigenvalue weighted by Gasteiger charge is -2.32. The molecule has 1 fully saturated rings. The number of halogens is 2. The van der Waals surface area contributed by atoms with Crippen molar-refractivity contribution in [3.8, 4) is 6.07 Å². The number of carboxylic acids is 1. The molecule has 0 aliphatic carbocycles. The van der Waals surface area contributed by atoms with Gasteiger partial charge in [0, 0.05) is 42.6 Å². The average Bonchev–Trinajstić information content (AvgIpc) is 3.40. The summed E-state index contributed by atoms with van der Waals surface area (Å²) in [4.78, 5) is 42.4. The number of hydrogen-bond donors (Lipinski definition) is 4. The molecular formula is C31H32Cl2N6O6S. The fraction of sp³-hybridized carbons (Fsp3) is 0.323. The van der Waals surface area contributed by atoms with Gasteiger partial charge in [0.25, 0.3) is 5.91 Å². The summed E-state index contributed by atoms with van der Waals surface area (Å²) in [6, 6.07) is 10.4. The molecule has 0 saturated carbocycles. The maximum Gasteiger partial charge on any atom is 0.326 e. The predicted molar refractivity (Wildman–Crippen MR) is 172 cm³/mol. The molecular weight excluding hydrogens is 655 g/mol. The number of aliphatic carboxylic acids is 1. The van der Waals surface area contributed by atoms with E-state index in [1.807, 2.05) is 26.8 Å². The summed E-state index contributed by atoms with van der Waals surface area (Å²) in [6.07, 6.45) is 2.75. The predicted octanol–water partition coefficient (Wildman–Crippen LogP) is 3.84. The Kier molecular flexibility index (Phi) is 10.7. The minimum atomic E-state index is -4.23. The zero-order valence-corrected chi connectivity index (χ0v) is 27.4. The fourth-order valence-electron chi connectivity index (χ4n) is 5.15. The molecule has 12 nitrogen and oxygen atoms in total. The van der Waals surface area contributed by atoms with E-state index in [1.165, 1.54) is 36.7 Å². The van der Waals surface area contributed by atoms with Gasteiger partial charge in [0.05, 0.1) is 32.1 Å². The van der Waals surface area contributed by atoms with Crippen LogP contribution in [0.1, 0.15) is 48.7 Å². The van der Waals surface area contributed by atoms with Gasteiger partial charge in [0.15, 0.2) is 0 Å². The molecule has 2 heterocycles.